The first-order chi connectivity index (χ1) is 19.7. The maximum atomic E-state index is 4.54. The summed E-state index contributed by atoms with van der Waals surface area (Å²) in [6, 6.07) is 41.6. The Kier molecular flexibility index (Phi) is 5.37. The minimum Gasteiger partial charge on any atom is -0.364 e. The molecule has 1 aliphatic rings. The number of nitrogens with zero attached hydrogens (tertiary/aromatic N) is 2. The summed E-state index contributed by atoms with van der Waals surface area (Å²) in [4.78, 5) is 1.13. The highest BCUT2D eigenvalue weighted by atomic mass is 32.2. The maximum Gasteiger partial charge on any atom is 0.121 e. The molecule has 0 aliphatic carbocycles. The molecule has 0 saturated carbocycles. The van der Waals surface area contributed by atoms with E-state index in [1.165, 1.54) is 43.6 Å². The largest absolute Gasteiger partial charge is 0.364 e. The molecule has 0 amide bonds. The van der Waals surface area contributed by atoms with Gasteiger partial charge in [0.1, 0.15) is 4.71 Å². The number of para-hydroxylation sites is 3. The molecule has 1 atom stereocenters. The zero-order valence-electron chi connectivity index (χ0n) is 21.6. The van der Waals surface area contributed by atoms with Gasteiger partial charge in [0.05, 0.1) is 22.1 Å². The van der Waals surface area contributed by atoms with E-state index in [1.807, 2.05) is 0 Å². The zero-order valence-corrected chi connectivity index (χ0v) is 23.3. The molecule has 192 valence electrons. The average Bonchev–Trinajstić information content (AvgIpc) is 3.61. The van der Waals surface area contributed by atoms with Crippen LogP contribution in [0.15, 0.2) is 132 Å². The summed E-state index contributed by atoms with van der Waals surface area (Å²) in [6.45, 7) is 4.14. The molecule has 5 aromatic carbocycles. The van der Waals surface area contributed by atoms with Crippen LogP contribution >= 0.6 is 24.4 Å². The predicted octanol–water partition coefficient (Wildman–Crippen LogP) is 9.29. The third-order valence-corrected chi connectivity index (χ3v) is 9.18. The van der Waals surface area contributed by atoms with Crippen LogP contribution < -0.4 is 5.32 Å². The molecule has 40 heavy (non-hydrogen) atoms. The molecule has 1 N–H and O–H groups in total. The first kappa shape index (κ1) is 23.6. The number of aromatic nitrogens is 2. The number of fused-ring (bicyclic) bond motifs is 6. The third-order valence-electron chi connectivity index (χ3n) is 7.77. The fraction of sp³-hybridized carbons (Fsp3) is 0.0286. The lowest BCUT2D eigenvalue weighted by Crippen LogP contribution is -2.09. The molecule has 3 nitrogen and oxygen atoms in total. The van der Waals surface area contributed by atoms with E-state index < -0.39 is 0 Å². The molecular formula is C35H25N3S2. The van der Waals surface area contributed by atoms with Gasteiger partial charge >= 0.3 is 0 Å². The van der Waals surface area contributed by atoms with Crippen molar-refractivity contribution in [2.45, 2.75) is 4.71 Å². The van der Waals surface area contributed by atoms with Gasteiger partial charge < -0.3 is 14.5 Å². The van der Waals surface area contributed by atoms with Crippen LogP contribution in [0.5, 0.6) is 0 Å². The van der Waals surface area contributed by atoms with E-state index in [4.69, 9.17) is 0 Å². The average molecular weight is 552 g/mol. The normalized spacial score (nSPS) is 16.6. The monoisotopic (exact) mass is 551 g/mol. The van der Waals surface area contributed by atoms with Gasteiger partial charge in [-0.1, -0.05) is 79.0 Å². The fourth-order valence-electron chi connectivity index (χ4n) is 6.02. The highest BCUT2D eigenvalue weighted by Crippen LogP contribution is 2.38. The number of thiol groups is 1. The lowest BCUT2D eigenvalue weighted by atomic mass is 10.1. The number of benzene rings is 5. The Balaban J connectivity index is 1.27. The lowest BCUT2D eigenvalue weighted by Gasteiger charge is -2.11. The summed E-state index contributed by atoms with van der Waals surface area (Å²) in [6.07, 6.45) is 2.20. The Morgan fingerprint density at radius 3 is 1.60 bits per heavy atom. The van der Waals surface area contributed by atoms with Gasteiger partial charge in [0.2, 0.25) is 0 Å². The van der Waals surface area contributed by atoms with Crippen molar-refractivity contribution in [3.8, 4) is 11.4 Å². The SMILES string of the molecule is C=C1NC(S)S/C1=C\c1ccc2c(c1)c1ccccc1n2-c1ccc(-n2c3ccccc3c3ccccc32)cc1. The lowest BCUT2D eigenvalue weighted by molar-refractivity contribution is 0.989. The molecule has 5 heteroatoms. The van der Waals surface area contributed by atoms with Crippen molar-refractivity contribution in [1.29, 1.82) is 0 Å². The van der Waals surface area contributed by atoms with Crippen molar-refractivity contribution in [2.75, 3.05) is 0 Å². The molecule has 8 rings (SSSR count). The summed E-state index contributed by atoms with van der Waals surface area (Å²) in [5.41, 5.74) is 9.21. The van der Waals surface area contributed by atoms with Crippen molar-refractivity contribution in [2.24, 2.45) is 0 Å². The topological polar surface area (TPSA) is 21.9 Å². The molecule has 3 heterocycles. The smallest absolute Gasteiger partial charge is 0.121 e. The zero-order chi connectivity index (χ0) is 26.8. The van der Waals surface area contributed by atoms with Crippen LogP contribution in [0.3, 0.4) is 0 Å². The first-order valence-corrected chi connectivity index (χ1v) is 14.7. The standard InChI is InChI=1S/C35H25N3S2/c1-22-34(40-35(39)36-22)21-23-14-19-33-29(20-23)28-10-4-7-13-32(28)38(33)25-17-15-24(16-18-25)37-30-11-5-2-8-26(30)27-9-3-6-12-31(27)37/h2-21,35-36,39H,1H2/b34-21-. The van der Waals surface area contributed by atoms with Crippen LogP contribution in [-0.2, 0) is 0 Å². The predicted molar refractivity (Wildman–Crippen MR) is 176 cm³/mol. The second-order valence-electron chi connectivity index (χ2n) is 10.1. The van der Waals surface area contributed by atoms with Crippen LogP contribution in [0, 0.1) is 0 Å². The number of nitrogens with one attached hydrogen (secondary N) is 1. The van der Waals surface area contributed by atoms with Crippen LogP contribution in [0.1, 0.15) is 5.56 Å². The number of hydrogen-bond acceptors (Lipinski definition) is 3. The molecule has 1 aliphatic heterocycles. The van der Waals surface area contributed by atoms with Gasteiger partial charge in [0.15, 0.2) is 0 Å². The Morgan fingerprint density at radius 2 is 1.10 bits per heavy atom. The number of thioether (sulfide) groups is 1. The molecule has 0 spiro atoms. The number of hydrogen-bond donors (Lipinski definition) is 2. The van der Waals surface area contributed by atoms with Crippen LogP contribution in [0.2, 0.25) is 0 Å². The quantitative estimate of drug-likeness (QED) is 0.214. The van der Waals surface area contributed by atoms with Crippen molar-refractivity contribution in [1.82, 2.24) is 14.5 Å². The fourth-order valence-corrected chi connectivity index (χ4v) is 7.37. The highest BCUT2D eigenvalue weighted by Gasteiger charge is 2.20. The van der Waals surface area contributed by atoms with Gasteiger partial charge in [-0.3, -0.25) is 0 Å². The van der Waals surface area contributed by atoms with E-state index >= 15 is 0 Å². The molecular weight excluding hydrogens is 527 g/mol. The minimum absolute atomic E-state index is 0.0508. The Morgan fingerprint density at radius 1 is 0.625 bits per heavy atom. The second kappa shape index (κ2) is 9.12. The maximum absolute atomic E-state index is 4.54. The second-order valence-corrected chi connectivity index (χ2v) is 12.1. The van der Waals surface area contributed by atoms with Crippen molar-refractivity contribution < 1.29 is 0 Å². The van der Waals surface area contributed by atoms with Crippen LogP contribution in [-0.4, -0.2) is 13.8 Å². The third kappa shape index (κ3) is 3.62. The summed E-state index contributed by atoms with van der Waals surface area (Å²) < 4.78 is 4.78. The van der Waals surface area contributed by atoms with E-state index in [9.17, 15) is 0 Å². The summed E-state index contributed by atoms with van der Waals surface area (Å²) in [5.74, 6) is 0. The molecule has 0 radical (unpaired) electrons. The van der Waals surface area contributed by atoms with Gasteiger partial charge in [0.25, 0.3) is 0 Å². The van der Waals surface area contributed by atoms with Gasteiger partial charge in [-0.2, -0.15) is 0 Å². The summed E-state index contributed by atoms with van der Waals surface area (Å²) in [5, 5.41) is 8.30. The highest BCUT2D eigenvalue weighted by molar-refractivity contribution is 8.13. The molecule has 7 aromatic rings. The first-order valence-electron chi connectivity index (χ1n) is 13.3. The molecule has 2 aromatic heterocycles. The van der Waals surface area contributed by atoms with E-state index in [1.54, 1.807) is 11.8 Å². The van der Waals surface area contributed by atoms with Gasteiger partial charge in [0, 0.05) is 43.5 Å². The Hall–Kier alpha value is -4.32. The molecule has 1 unspecified atom stereocenters. The van der Waals surface area contributed by atoms with E-state index in [0.717, 1.165) is 27.5 Å². The van der Waals surface area contributed by atoms with Gasteiger partial charge in [-0.25, -0.2) is 0 Å². The molecule has 0 bridgehead atoms. The van der Waals surface area contributed by atoms with E-state index in [0.29, 0.717) is 0 Å². The van der Waals surface area contributed by atoms with Crippen LogP contribution in [0.4, 0.5) is 0 Å². The Labute approximate surface area is 241 Å². The molecule has 1 saturated heterocycles. The summed E-state index contributed by atoms with van der Waals surface area (Å²) in [7, 11) is 0. The number of rotatable bonds is 3. The van der Waals surface area contributed by atoms with E-state index in [-0.39, 0.29) is 4.71 Å². The van der Waals surface area contributed by atoms with Crippen molar-refractivity contribution in [3.63, 3.8) is 0 Å². The van der Waals surface area contributed by atoms with Crippen molar-refractivity contribution in [3.05, 3.63) is 138 Å². The minimum atomic E-state index is 0.0508. The van der Waals surface area contributed by atoms with E-state index in [2.05, 4.69) is 155 Å². The molecule has 1 fully saturated rings. The van der Waals surface area contributed by atoms with Gasteiger partial charge in [-0.05, 0) is 66.2 Å². The van der Waals surface area contributed by atoms with Crippen molar-refractivity contribution >= 4 is 74.1 Å². The Bertz CT molecular complexity index is 2090. The van der Waals surface area contributed by atoms with Crippen LogP contribution in [0.25, 0.3) is 61.1 Å². The summed E-state index contributed by atoms with van der Waals surface area (Å²) >= 11 is 6.22. The van der Waals surface area contributed by atoms with Gasteiger partial charge in [-0.15, -0.1) is 12.6 Å².